The van der Waals surface area contributed by atoms with Crippen molar-refractivity contribution in [1.82, 2.24) is 31.9 Å². The minimum absolute atomic E-state index is 0.00771. The zero-order valence-corrected chi connectivity index (χ0v) is 46.4. The Morgan fingerprint density at radius 2 is 0.867 bits per heavy atom. The molecule has 0 unspecified atom stereocenters. The van der Waals surface area contributed by atoms with E-state index < -0.39 is 125 Å². The molecule has 0 aromatic rings. The number of alkyl carbamates (subject to hydrolysis) is 2. The van der Waals surface area contributed by atoms with Gasteiger partial charge in [-0.1, -0.05) is 0 Å². The van der Waals surface area contributed by atoms with Gasteiger partial charge in [0.25, 0.3) is 0 Å². The highest BCUT2D eigenvalue weighted by atomic mass is 32.1. The second-order valence-corrected chi connectivity index (χ2v) is 20.0. The van der Waals surface area contributed by atoms with E-state index in [1.807, 2.05) is 0 Å². The van der Waals surface area contributed by atoms with E-state index in [0.29, 0.717) is 0 Å². The summed E-state index contributed by atoms with van der Waals surface area (Å²) in [5, 5.41) is 39.5. The molecule has 6 amide bonds. The first-order chi connectivity index (χ1) is 34.3. The summed E-state index contributed by atoms with van der Waals surface area (Å²) >= 11 is 11.9. The number of amides is 6. The summed E-state index contributed by atoms with van der Waals surface area (Å²) in [6, 6.07) is -8.12. The standard InChI is InChI=1S/C23H41N3O8S.C11H19N3O5S.C10H16N2O7S/c1-21(2,3)32-17(28)11-10-16(27)15(13-35)25-19(30)24-12-14(18(29)33-22(4,5)6)26-20(31)34-23(7,8)9;1-6(15)2-3-9(16)8(5-20)14-11(19)13-4-7(12)10(17)18;11-5(9(16)17)3-19-10(18)12-6(4-20)7(13)1-2-8(14)15/h14-15,35H,10-13H2,1-9H3,(H,26,31)(H2,24,25,30);7-8,20H,2-5,12H2,1H3,(H,17,18)(H2,13,14,19);5-6,20H,1-4,11H2,(H,12,18)(H,14,15)(H,16,17)/t14-,15-;7-,8-;5-,6-/m000/s1. The maximum atomic E-state index is 12.5. The smallest absolute Gasteiger partial charge is 0.408 e. The van der Waals surface area contributed by atoms with E-state index in [4.69, 9.17) is 41.0 Å². The Balaban J connectivity index is -0.00000111. The number of urea groups is 2. The molecule has 0 aliphatic carbocycles. The van der Waals surface area contributed by atoms with Crippen molar-refractivity contribution in [2.75, 3.05) is 37.0 Å². The monoisotopic (exact) mass is 1130 g/mol. The van der Waals surface area contributed by atoms with Crippen LogP contribution in [0.25, 0.3) is 0 Å². The third-order valence-electron chi connectivity index (χ3n) is 8.28. The van der Waals surface area contributed by atoms with E-state index in [9.17, 15) is 62.3 Å². The maximum Gasteiger partial charge on any atom is 0.408 e. The number of hydrogen-bond donors (Lipinski definition) is 14. The first-order valence-electron chi connectivity index (χ1n) is 22.8. The van der Waals surface area contributed by atoms with Crippen LogP contribution >= 0.6 is 37.9 Å². The highest BCUT2D eigenvalue weighted by Crippen LogP contribution is 2.12. The van der Waals surface area contributed by atoms with E-state index in [1.54, 1.807) is 62.3 Å². The molecule has 430 valence electrons. The normalized spacial score (nSPS) is 13.4. The van der Waals surface area contributed by atoms with E-state index in [0.717, 1.165) is 0 Å². The summed E-state index contributed by atoms with van der Waals surface area (Å²) in [6.45, 7) is 15.4. The van der Waals surface area contributed by atoms with Crippen molar-refractivity contribution in [3.05, 3.63) is 0 Å². The summed E-state index contributed by atoms with van der Waals surface area (Å²) < 4.78 is 20.2. The molecule has 75 heavy (non-hydrogen) atoms. The van der Waals surface area contributed by atoms with Crippen molar-refractivity contribution in [3.63, 3.8) is 0 Å². The average molecular weight is 1130 g/mol. The minimum atomic E-state index is -1.36. The fourth-order valence-corrected chi connectivity index (χ4v) is 5.58. The number of carboxylic acids is 3. The maximum absolute atomic E-state index is 12.5. The number of carbonyl (C=O) groups is 13. The summed E-state index contributed by atoms with van der Waals surface area (Å²) in [5.41, 5.74) is 8.03. The molecule has 0 aliphatic heterocycles. The van der Waals surface area contributed by atoms with Crippen LogP contribution in [0.4, 0.5) is 19.2 Å². The molecule has 0 bridgehead atoms. The van der Waals surface area contributed by atoms with E-state index in [2.05, 4.69) is 74.5 Å². The molecule has 0 spiro atoms. The highest BCUT2D eigenvalue weighted by molar-refractivity contribution is 7.80. The van der Waals surface area contributed by atoms with Gasteiger partial charge in [-0.3, -0.25) is 33.6 Å². The van der Waals surface area contributed by atoms with Crippen molar-refractivity contribution in [2.45, 2.75) is 161 Å². The van der Waals surface area contributed by atoms with Crippen molar-refractivity contribution in [1.29, 1.82) is 0 Å². The van der Waals surface area contributed by atoms with Gasteiger partial charge in [-0.15, -0.1) is 0 Å². The fraction of sp³-hybridized carbons (Fsp3) is 0.705. The van der Waals surface area contributed by atoms with E-state index in [1.165, 1.54) is 6.92 Å². The predicted molar refractivity (Wildman–Crippen MR) is 278 cm³/mol. The third-order valence-corrected chi connectivity index (χ3v) is 9.38. The number of rotatable bonds is 28. The minimum Gasteiger partial charge on any atom is -0.481 e. The number of aliphatic carboxylic acids is 3. The number of esters is 2. The molecule has 0 aliphatic rings. The Morgan fingerprint density at radius 3 is 1.25 bits per heavy atom. The molecule has 0 rings (SSSR count). The number of ether oxygens (including phenoxy) is 4. The molecule has 6 atom stereocenters. The van der Waals surface area contributed by atoms with Gasteiger partial charge in [-0.25, -0.2) is 24.0 Å². The van der Waals surface area contributed by atoms with Gasteiger partial charge in [0.05, 0.1) is 37.5 Å². The Morgan fingerprint density at radius 1 is 0.480 bits per heavy atom. The van der Waals surface area contributed by atoms with Gasteiger partial charge in [-0.05, 0) is 69.2 Å². The number of thiol groups is 3. The Hall–Kier alpha value is -5.92. The number of carbonyl (C=O) groups excluding carboxylic acids is 10. The lowest BCUT2D eigenvalue weighted by Gasteiger charge is -2.26. The molecule has 0 radical (unpaired) electrons. The number of hydrogen-bond acceptors (Lipinski definition) is 22. The second-order valence-electron chi connectivity index (χ2n) is 18.9. The SMILES string of the molecule is CC(=O)CCC(=O)[C@H](CS)NC(=O)NC[C@H](N)C(=O)O.CC(C)(C)OC(=O)CCC(=O)[C@H](CS)NC(=O)NC[C@H](NC(=O)OC(C)(C)C)C(=O)OC(C)(C)C.N[C@@H](COC(=O)N[C@@H](CS)C(=O)CCC(=O)O)C(=O)O. The first kappa shape index (κ1) is 73.3. The number of nitrogens with two attached hydrogens (primary N) is 2. The molecular formula is C44H76N8O20S3. The number of nitrogens with one attached hydrogen (secondary N) is 6. The second kappa shape index (κ2) is 36.9. The first-order valence-corrected chi connectivity index (χ1v) is 24.7. The predicted octanol–water partition coefficient (Wildman–Crippen LogP) is 0.301. The number of ketones is 4. The molecule has 0 saturated carbocycles. The lowest BCUT2D eigenvalue weighted by Crippen LogP contribution is -2.54. The third kappa shape index (κ3) is 41.1. The van der Waals surface area contributed by atoms with Crippen LogP contribution in [0.2, 0.25) is 0 Å². The van der Waals surface area contributed by atoms with Crippen molar-refractivity contribution >= 4 is 115 Å². The summed E-state index contributed by atoms with van der Waals surface area (Å²) in [4.78, 5) is 149. The van der Waals surface area contributed by atoms with Gasteiger partial charge in [-0.2, -0.15) is 37.9 Å². The zero-order valence-electron chi connectivity index (χ0n) is 43.7. The van der Waals surface area contributed by atoms with Crippen LogP contribution in [0.3, 0.4) is 0 Å². The summed E-state index contributed by atoms with van der Waals surface area (Å²) in [7, 11) is 0. The van der Waals surface area contributed by atoms with E-state index >= 15 is 0 Å². The molecule has 0 aromatic heterocycles. The molecule has 0 fully saturated rings. The lowest BCUT2D eigenvalue weighted by atomic mass is 10.1. The van der Waals surface area contributed by atoms with Crippen LogP contribution in [-0.2, 0) is 62.1 Å². The topological polar surface area (TPSA) is 444 Å². The molecular weight excluding hydrogens is 1060 g/mol. The Kier molecular flexibility index (Phi) is 36.1. The lowest BCUT2D eigenvalue weighted by molar-refractivity contribution is -0.157. The molecule has 31 heteroatoms. The largest absolute Gasteiger partial charge is 0.481 e. The highest BCUT2D eigenvalue weighted by Gasteiger charge is 2.30. The number of carboxylic acid groups (broad SMARTS) is 3. The van der Waals surface area contributed by atoms with Crippen molar-refractivity contribution < 1.29 is 96.6 Å². The van der Waals surface area contributed by atoms with Crippen LogP contribution in [0, 0.1) is 0 Å². The van der Waals surface area contributed by atoms with Crippen LogP contribution in [0.15, 0.2) is 0 Å². The summed E-state index contributed by atoms with van der Waals surface area (Å²) in [6.07, 6.45) is -2.64. The van der Waals surface area contributed by atoms with Crippen LogP contribution in [0.1, 0.15) is 108 Å². The Labute approximate surface area is 451 Å². The summed E-state index contributed by atoms with van der Waals surface area (Å²) in [5.74, 6) is -6.33. The van der Waals surface area contributed by atoms with Crippen LogP contribution in [-0.4, -0.2) is 183 Å². The fourth-order valence-electron chi connectivity index (χ4n) is 4.69. The molecule has 0 saturated heterocycles. The van der Waals surface area contributed by atoms with Gasteiger partial charge in [0.15, 0.2) is 17.3 Å². The Bertz CT molecular complexity index is 1890. The molecule has 13 N–H and O–H groups in total. The molecule has 28 nitrogen and oxygen atoms in total. The van der Waals surface area contributed by atoms with Gasteiger partial charge < -0.3 is 82.4 Å². The molecule has 0 aromatic carbocycles. The molecule has 0 heterocycles. The van der Waals surface area contributed by atoms with Crippen molar-refractivity contribution in [3.8, 4) is 0 Å². The van der Waals surface area contributed by atoms with Gasteiger partial charge in [0, 0.05) is 49.5 Å². The number of Topliss-reactive ketones (excluding diaryl/α,β-unsaturated/α-hetero) is 4. The zero-order chi connectivity index (χ0) is 59.0. The van der Waals surface area contributed by atoms with Gasteiger partial charge in [0.1, 0.15) is 47.3 Å². The van der Waals surface area contributed by atoms with Gasteiger partial charge in [0.2, 0.25) is 0 Å². The van der Waals surface area contributed by atoms with Crippen LogP contribution in [0.5, 0.6) is 0 Å². The van der Waals surface area contributed by atoms with Crippen LogP contribution < -0.4 is 43.4 Å². The van der Waals surface area contributed by atoms with Crippen molar-refractivity contribution in [2.24, 2.45) is 11.5 Å². The van der Waals surface area contributed by atoms with Gasteiger partial charge >= 0.3 is 54.1 Å². The average Bonchev–Trinajstić information content (AvgIpc) is 3.27. The van der Waals surface area contributed by atoms with E-state index in [-0.39, 0.29) is 80.4 Å². The quantitative estimate of drug-likeness (QED) is 0.0285.